The molecule has 0 radical (unpaired) electrons. The molecule has 18 heavy (non-hydrogen) atoms. The van der Waals surface area contributed by atoms with Crippen molar-refractivity contribution < 1.29 is 0 Å². The summed E-state index contributed by atoms with van der Waals surface area (Å²) < 4.78 is 0. The van der Waals surface area contributed by atoms with Gasteiger partial charge in [-0.05, 0) is 25.8 Å². The lowest BCUT2D eigenvalue weighted by atomic mass is 9.87. The molecule has 1 heterocycles. The molecule has 0 spiro atoms. The highest BCUT2D eigenvalue weighted by Gasteiger charge is 2.17. The van der Waals surface area contributed by atoms with E-state index in [0.29, 0.717) is 6.04 Å². The van der Waals surface area contributed by atoms with Crippen LogP contribution in [0.2, 0.25) is 0 Å². The van der Waals surface area contributed by atoms with Crippen molar-refractivity contribution in [1.29, 1.82) is 0 Å². The minimum absolute atomic E-state index is 0.583. The van der Waals surface area contributed by atoms with Crippen LogP contribution in [-0.2, 0) is 6.42 Å². The van der Waals surface area contributed by atoms with Crippen molar-refractivity contribution in [2.45, 2.75) is 70.8 Å². The van der Waals surface area contributed by atoms with Crippen molar-refractivity contribution in [3.05, 3.63) is 17.7 Å². The van der Waals surface area contributed by atoms with Gasteiger partial charge in [0.15, 0.2) is 0 Å². The van der Waals surface area contributed by atoms with Gasteiger partial charge in [0.05, 0.1) is 0 Å². The van der Waals surface area contributed by atoms with Gasteiger partial charge in [-0.25, -0.2) is 4.98 Å². The Morgan fingerprint density at radius 3 is 2.83 bits per heavy atom. The summed E-state index contributed by atoms with van der Waals surface area (Å²) in [7, 11) is 0. The molecule has 1 aromatic rings. The van der Waals surface area contributed by atoms with E-state index in [9.17, 15) is 0 Å². The van der Waals surface area contributed by atoms with E-state index >= 15 is 0 Å². The summed E-state index contributed by atoms with van der Waals surface area (Å²) in [6.45, 7) is 5.46. The van der Waals surface area contributed by atoms with Crippen LogP contribution in [-0.4, -0.2) is 22.6 Å². The van der Waals surface area contributed by atoms with Gasteiger partial charge in [-0.3, -0.25) is 0 Å². The van der Waals surface area contributed by atoms with Crippen LogP contribution in [0.25, 0.3) is 0 Å². The Balaban J connectivity index is 1.75. The summed E-state index contributed by atoms with van der Waals surface area (Å²) in [5, 5.41) is 3.44. The van der Waals surface area contributed by atoms with E-state index in [2.05, 4.69) is 35.3 Å². The Kier molecular flexibility index (Phi) is 5.24. The zero-order chi connectivity index (χ0) is 12.8. The molecule has 1 fully saturated rings. The Morgan fingerprint density at radius 1 is 1.33 bits per heavy atom. The lowest BCUT2D eigenvalue weighted by Gasteiger charge is -2.19. The summed E-state index contributed by atoms with van der Waals surface area (Å²) in [4.78, 5) is 8.06. The standard InChI is InChI=1S/C15H27N3/c1-12(2)16-10-6-9-15-17-11-14(18-15)13-7-4-3-5-8-13/h11-13,16H,3-10H2,1-2H3,(H,17,18). The Labute approximate surface area is 111 Å². The SMILES string of the molecule is CC(C)NCCCc1ncc(C2CCCCC2)[nH]1. The number of rotatable bonds is 6. The molecule has 3 heteroatoms. The van der Waals surface area contributed by atoms with Crippen LogP contribution >= 0.6 is 0 Å². The fourth-order valence-corrected chi connectivity index (χ4v) is 2.77. The average Bonchev–Trinajstić information content (AvgIpc) is 2.84. The summed E-state index contributed by atoms with van der Waals surface area (Å²) in [5.74, 6) is 1.91. The maximum absolute atomic E-state index is 4.52. The minimum Gasteiger partial charge on any atom is -0.346 e. The fraction of sp³-hybridized carbons (Fsp3) is 0.800. The number of hydrogen-bond donors (Lipinski definition) is 2. The number of hydrogen-bond acceptors (Lipinski definition) is 2. The lowest BCUT2D eigenvalue weighted by Crippen LogP contribution is -2.24. The van der Waals surface area contributed by atoms with Gasteiger partial charge in [-0.1, -0.05) is 33.1 Å². The average molecular weight is 249 g/mol. The topological polar surface area (TPSA) is 40.7 Å². The second kappa shape index (κ2) is 6.93. The van der Waals surface area contributed by atoms with E-state index < -0.39 is 0 Å². The molecule has 1 saturated carbocycles. The van der Waals surface area contributed by atoms with Crippen molar-refractivity contribution >= 4 is 0 Å². The third-order valence-electron chi connectivity index (χ3n) is 3.84. The first-order valence-electron chi connectivity index (χ1n) is 7.53. The zero-order valence-corrected chi connectivity index (χ0v) is 11.8. The molecule has 2 rings (SSSR count). The molecule has 0 amide bonds. The van der Waals surface area contributed by atoms with Crippen molar-refractivity contribution in [3.8, 4) is 0 Å². The number of aryl methyl sites for hydroxylation is 1. The third kappa shape index (κ3) is 4.13. The van der Waals surface area contributed by atoms with Gasteiger partial charge in [-0.15, -0.1) is 0 Å². The first-order chi connectivity index (χ1) is 8.75. The molecule has 1 aliphatic rings. The molecule has 0 saturated heterocycles. The maximum Gasteiger partial charge on any atom is 0.106 e. The molecule has 102 valence electrons. The van der Waals surface area contributed by atoms with E-state index in [0.717, 1.165) is 25.3 Å². The van der Waals surface area contributed by atoms with Gasteiger partial charge in [0.1, 0.15) is 5.82 Å². The van der Waals surface area contributed by atoms with Gasteiger partial charge < -0.3 is 10.3 Å². The van der Waals surface area contributed by atoms with E-state index in [1.165, 1.54) is 43.6 Å². The molecule has 1 aromatic heterocycles. The molecule has 1 aliphatic carbocycles. The normalized spacial score (nSPS) is 17.5. The molecule has 0 aromatic carbocycles. The number of nitrogens with zero attached hydrogens (tertiary/aromatic N) is 1. The van der Waals surface area contributed by atoms with Gasteiger partial charge in [-0.2, -0.15) is 0 Å². The van der Waals surface area contributed by atoms with Crippen molar-refractivity contribution in [2.24, 2.45) is 0 Å². The van der Waals surface area contributed by atoms with Crippen LogP contribution in [0.3, 0.4) is 0 Å². The van der Waals surface area contributed by atoms with Crippen molar-refractivity contribution in [2.75, 3.05) is 6.54 Å². The smallest absolute Gasteiger partial charge is 0.106 e. The van der Waals surface area contributed by atoms with Crippen LogP contribution in [0, 0.1) is 0 Å². The Morgan fingerprint density at radius 2 is 2.11 bits per heavy atom. The van der Waals surface area contributed by atoms with E-state index in [1.807, 2.05) is 0 Å². The van der Waals surface area contributed by atoms with E-state index in [4.69, 9.17) is 0 Å². The molecule has 0 aliphatic heterocycles. The van der Waals surface area contributed by atoms with Crippen LogP contribution in [0.4, 0.5) is 0 Å². The van der Waals surface area contributed by atoms with E-state index in [1.54, 1.807) is 0 Å². The second-order valence-corrected chi connectivity index (χ2v) is 5.83. The number of imidazole rings is 1. The van der Waals surface area contributed by atoms with Crippen LogP contribution in [0.1, 0.15) is 69.8 Å². The monoisotopic (exact) mass is 249 g/mol. The van der Waals surface area contributed by atoms with Crippen LogP contribution < -0.4 is 5.32 Å². The Bertz CT molecular complexity index is 337. The summed E-state index contributed by atoms with van der Waals surface area (Å²) in [6.07, 6.45) is 11.2. The minimum atomic E-state index is 0.583. The first kappa shape index (κ1) is 13.6. The fourth-order valence-electron chi connectivity index (χ4n) is 2.77. The third-order valence-corrected chi connectivity index (χ3v) is 3.84. The van der Waals surface area contributed by atoms with Crippen LogP contribution in [0.5, 0.6) is 0 Å². The highest BCUT2D eigenvalue weighted by atomic mass is 14.9. The predicted octanol–water partition coefficient (Wildman–Crippen LogP) is 3.39. The number of aromatic amines is 1. The number of H-pyrrole nitrogens is 1. The molecule has 0 unspecified atom stereocenters. The van der Waals surface area contributed by atoms with E-state index in [-0.39, 0.29) is 0 Å². The van der Waals surface area contributed by atoms with Gasteiger partial charge in [0.2, 0.25) is 0 Å². The molecule has 0 bridgehead atoms. The van der Waals surface area contributed by atoms with Crippen LogP contribution in [0.15, 0.2) is 6.20 Å². The number of nitrogens with one attached hydrogen (secondary N) is 2. The predicted molar refractivity (Wildman–Crippen MR) is 75.9 cm³/mol. The zero-order valence-electron chi connectivity index (χ0n) is 11.8. The quantitative estimate of drug-likeness (QED) is 0.759. The first-order valence-corrected chi connectivity index (χ1v) is 7.53. The highest BCUT2D eigenvalue weighted by molar-refractivity contribution is 5.08. The summed E-state index contributed by atoms with van der Waals surface area (Å²) in [6, 6.07) is 0.583. The molecule has 3 nitrogen and oxygen atoms in total. The maximum atomic E-state index is 4.52. The lowest BCUT2D eigenvalue weighted by molar-refractivity contribution is 0.437. The van der Waals surface area contributed by atoms with Gasteiger partial charge in [0, 0.05) is 30.3 Å². The molecular formula is C15H27N3. The highest BCUT2D eigenvalue weighted by Crippen LogP contribution is 2.31. The largest absolute Gasteiger partial charge is 0.346 e. The Hall–Kier alpha value is -0.830. The molecular weight excluding hydrogens is 222 g/mol. The molecule has 0 atom stereocenters. The summed E-state index contributed by atoms with van der Waals surface area (Å²) >= 11 is 0. The summed E-state index contributed by atoms with van der Waals surface area (Å²) in [5.41, 5.74) is 1.38. The van der Waals surface area contributed by atoms with Gasteiger partial charge in [0.25, 0.3) is 0 Å². The molecule has 2 N–H and O–H groups in total. The van der Waals surface area contributed by atoms with Gasteiger partial charge >= 0.3 is 0 Å². The van der Waals surface area contributed by atoms with Crippen molar-refractivity contribution in [1.82, 2.24) is 15.3 Å². The second-order valence-electron chi connectivity index (χ2n) is 5.83. The van der Waals surface area contributed by atoms with Crippen molar-refractivity contribution in [3.63, 3.8) is 0 Å². The number of aromatic nitrogens is 2.